The maximum absolute atomic E-state index is 15.0. The number of hydrogen-bond acceptors (Lipinski definition) is 8. The molecule has 3 heterocycles. The summed E-state index contributed by atoms with van der Waals surface area (Å²) < 4.78 is 35.7. The van der Waals surface area contributed by atoms with Crippen LogP contribution < -0.4 is 14.4 Å². The lowest BCUT2D eigenvalue weighted by molar-refractivity contribution is -0.137. The van der Waals surface area contributed by atoms with Crippen LogP contribution in [-0.2, 0) is 39.5 Å². The van der Waals surface area contributed by atoms with Crippen molar-refractivity contribution in [2.75, 3.05) is 24.6 Å². The molecule has 0 saturated heterocycles. The van der Waals surface area contributed by atoms with Crippen molar-refractivity contribution in [1.82, 2.24) is 14.5 Å². The highest BCUT2D eigenvalue weighted by Gasteiger charge is 2.38. The number of nitrogens with one attached hydrogen (secondary N) is 1. The quantitative estimate of drug-likeness (QED) is 0.331. The van der Waals surface area contributed by atoms with Crippen LogP contribution in [0.4, 0.5) is 5.69 Å². The number of anilines is 1. The fourth-order valence-corrected chi connectivity index (χ4v) is 8.47. The summed E-state index contributed by atoms with van der Waals surface area (Å²) >= 11 is 6.36. The molecule has 6 rings (SSSR count). The van der Waals surface area contributed by atoms with Gasteiger partial charge in [0.15, 0.2) is 9.92 Å². The lowest BCUT2D eigenvalue weighted by Crippen LogP contribution is -2.43. The molecule has 49 heavy (non-hydrogen) atoms. The van der Waals surface area contributed by atoms with E-state index in [2.05, 4.69) is 19.1 Å². The number of hydrogen-bond donors (Lipinski definition) is 2. The fourth-order valence-electron chi connectivity index (χ4n) is 6.66. The number of rotatable bonds is 2. The van der Waals surface area contributed by atoms with E-state index >= 15 is 4.21 Å². The molecule has 1 unspecified atom stereocenters. The average molecular weight is 710 g/mol. The van der Waals surface area contributed by atoms with E-state index in [9.17, 15) is 14.7 Å². The van der Waals surface area contributed by atoms with Gasteiger partial charge in [-0.2, -0.15) is 5.10 Å². The van der Waals surface area contributed by atoms with Crippen molar-refractivity contribution >= 4 is 39.0 Å². The van der Waals surface area contributed by atoms with E-state index in [0.717, 1.165) is 43.2 Å². The second-order valence-corrected chi connectivity index (χ2v) is 16.0. The first-order chi connectivity index (χ1) is 23.3. The zero-order chi connectivity index (χ0) is 34.9. The molecule has 2 N–H and O–H groups in total. The molecule has 1 saturated carbocycles. The van der Waals surface area contributed by atoms with E-state index < -0.39 is 33.4 Å². The first-order valence-corrected chi connectivity index (χ1v) is 18.6. The van der Waals surface area contributed by atoms with Gasteiger partial charge in [-0.15, -0.1) is 4.36 Å². The number of benzene rings is 2. The van der Waals surface area contributed by atoms with Gasteiger partial charge in [0.1, 0.15) is 18.0 Å². The molecule has 0 radical (unpaired) electrons. The Bertz CT molecular complexity index is 1900. The lowest BCUT2D eigenvalue weighted by Gasteiger charge is -2.42. The minimum Gasteiger partial charge on any atom is -0.487 e. The molecule has 3 aliphatic rings. The Morgan fingerprint density at radius 1 is 1.14 bits per heavy atom. The summed E-state index contributed by atoms with van der Waals surface area (Å²) in [5.74, 6) is -0.658. The third-order valence-corrected chi connectivity index (χ3v) is 11.7. The molecule has 1 aliphatic carbocycles. The second kappa shape index (κ2) is 14.3. The van der Waals surface area contributed by atoms with Crippen LogP contribution in [0.2, 0.25) is 5.02 Å². The fraction of sp³-hybridized carbons (Fsp3) is 0.472. The SMILES string of the molecule is Cc1nn(C)cc1C(=O)NS1(=O)=NC(=O)C(C)(C)OC/C=C/[C@H](O)[C@@H]2CC[C@H]2CN2CCCCc3cc(Cl)ccc3COc3ccc1cc32. The summed E-state index contributed by atoms with van der Waals surface area (Å²) in [4.78, 5) is 29.7. The maximum Gasteiger partial charge on any atom is 0.287 e. The molecule has 11 nitrogen and oxygen atoms in total. The van der Waals surface area contributed by atoms with Crippen LogP contribution >= 0.6 is 11.6 Å². The number of aryl methyl sites for hydroxylation is 3. The second-order valence-electron chi connectivity index (χ2n) is 13.6. The number of halogens is 1. The Morgan fingerprint density at radius 3 is 2.69 bits per heavy atom. The van der Waals surface area contributed by atoms with Gasteiger partial charge in [0.2, 0.25) is 0 Å². The molecule has 1 fully saturated rings. The largest absolute Gasteiger partial charge is 0.487 e. The van der Waals surface area contributed by atoms with Gasteiger partial charge in [-0.25, -0.2) is 4.21 Å². The van der Waals surface area contributed by atoms with E-state index in [-0.39, 0.29) is 28.9 Å². The third-order valence-electron chi connectivity index (χ3n) is 9.73. The van der Waals surface area contributed by atoms with Crippen molar-refractivity contribution in [1.29, 1.82) is 0 Å². The first-order valence-electron chi connectivity index (χ1n) is 16.7. The molecule has 1 aromatic heterocycles. The molecule has 262 valence electrons. The highest BCUT2D eigenvalue weighted by molar-refractivity contribution is 7.92. The number of carbonyl (C=O) groups is 2. The van der Waals surface area contributed by atoms with Crippen LogP contribution in [0, 0.1) is 18.8 Å². The Hall–Kier alpha value is -3.71. The standard InChI is InChI=1S/C36H44ClN5O6S/c1-23-30(21-41(4)38-23)34(44)39-49(46)28-13-15-33-31(19-28)42(16-6-5-8-24-18-27(37)12-10-26(24)22-47-33)20-25-11-14-29(25)32(43)9-7-17-48-36(2,3)35(45)40-49/h7,9-10,12-13,15,18-19,21,25,29,32,43H,5-6,8,11,14,16-17,20,22H2,1-4H3,(H,39,40,44,45,46)/b9-7+/t25-,29+,32-,49?/m0/s1. The third kappa shape index (κ3) is 7.72. The molecule has 2 bridgehead atoms. The predicted molar refractivity (Wildman–Crippen MR) is 188 cm³/mol. The van der Waals surface area contributed by atoms with Gasteiger partial charge in [0.25, 0.3) is 11.8 Å². The van der Waals surface area contributed by atoms with Gasteiger partial charge in [0, 0.05) is 31.4 Å². The topological polar surface area (TPSA) is 135 Å². The van der Waals surface area contributed by atoms with Crippen molar-refractivity contribution in [3.05, 3.63) is 82.2 Å². The van der Waals surface area contributed by atoms with Crippen LogP contribution in [0.15, 0.2) is 64.0 Å². The van der Waals surface area contributed by atoms with Crippen LogP contribution in [0.3, 0.4) is 0 Å². The molecule has 3 aromatic rings. The molecule has 2 aromatic carbocycles. The first kappa shape index (κ1) is 35.1. The lowest BCUT2D eigenvalue weighted by atomic mass is 9.70. The monoisotopic (exact) mass is 709 g/mol. The molecule has 0 spiro atoms. The molecule has 13 heteroatoms. The summed E-state index contributed by atoms with van der Waals surface area (Å²) in [6.07, 6.45) is 8.76. The molecule has 4 atom stereocenters. The van der Waals surface area contributed by atoms with Gasteiger partial charge in [-0.1, -0.05) is 29.8 Å². The average Bonchev–Trinajstić information content (AvgIpc) is 3.37. The number of fused-ring (bicyclic) bond motifs is 3. The van der Waals surface area contributed by atoms with Gasteiger partial charge >= 0.3 is 0 Å². The normalized spacial score (nSPS) is 26.4. The van der Waals surface area contributed by atoms with Crippen LogP contribution in [-0.4, -0.2) is 62.3 Å². The summed E-state index contributed by atoms with van der Waals surface area (Å²) in [6.45, 7) is 6.40. The van der Waals surface area contributed by atoms with Gasteiger partial charge in [0.05, 0.1) is 34.6 Å². The zero-order valence-electron chi connectivity index (χ0n) is 28.4. The van der Waals surface area contributed by atoms with E-state index in [1.54, 1.807) is 44.3 Å². The van der Waals surface area contributed by atoms with Gasteiger partial charge in [-0.05, 0) is 106 Å². The smallest absolute Gasteiger partial charge is 0.287 e. The zero-order valence-corrected chi connectivity index (χ0v) is 29.9. The van der Waals surface area contributed by atoms with Crippen molar-refractivity contribution in [3.8, 4) is 5.75 Å². The van der Waals surface area contributed by atoms with Crippen LogP contribution in [0.5, 0.6) is 5.75 Å². The summed E-state index contributed by atoms with van der Waals surface area (Å²) in [5, 5.41) is 16.0. The summed E-state index contributed by atoms with van der Waals surface area (Å²) in [6, 6.07) is 10.9. The van der Waals surface area contributed by atoms with Crippen LogP contribution in [0.25, 0.3) is 0 Å². The number of aromatic nitrogens is 2. The summed E-state index contributed by atoms with van der Waals surface area (Å²) in [5.41, 5.74) is 2.02. The van der Waals surface area contributed by atoms with Crippen molar-refractivity contribution < 1.29 is 28.4 Å². The Kier molecular flexibility index (Phi) is 10.2. The highest BCUT2D eigenvalue weighted by Crippen LogP contribution is 2.41. The number of carbonyl (C=O) groups excluding carboxylic acids is 2. The number of amides is 2. The number of nitrogens with zero attached hydrogens (tertiary/aromatic N) is 4. The van der Waals surface area contributed by atoms with Crippen molar-refractivity contribution in [2.24, 2.45) is 23.2 Å². The molecule has 2 aliphatic heterocycles. The van der Waals surface area contributed by atoms with E-state index in [1.807, 2.05) is 18.2 Å². The minimum atomic E-state index is -3.91. The molecular formula is C36H44ClN5O6S. The number of aliphatic hydroxyl groups is 1. The number of ether oxygens (including phenoxy) is 2. The van der Waals surface area contributed by atoms with Crippen LogP contribution in [0.1, 0.15) is 66.7 Å². The van der Waals surface area contributed by atoms with Gasteiger partial charge < -0.3 is 19.5 Å². The minimum absolute atomic E-state index is 0.0427. The van der Waals surface area contributed by atoms with Crippen molar-refractivity contribution in [3.63, 3.8) is 0 Å². The van der Waals surface area contributed by atoms with E-state index in [4.69, 9.17) is 21.1 Å². The predicted octanol–water partition coefficient (Wildman–Crippen LogP) is 5.55. The Labute approximate surface area is 292 Å². The summed E-state index contributed by atoms with van der Waals surface area (Å²) in [7, 11) is -2.22. The van der Waals surface area contributed by atoms with Gasteiger partial charge in [-0.3, -0.25) is 19.0 Å². The van der Waals surface area contributed by atoms with Crippen molar-refractivity contribution in [2.45, 2.75) is 76.1 Å². The number of aliphatic hydroxyl groups excluding tert-OH is 1. The highest BCUT2D eigenvalue weighted by atomic mass is 35.5. The Morgan fingerprint density at radius 2 is 1.96 bits per heavy atom. The maximum atomic E-state index is 15.0. The molecular weight excluding hydrogens is 666 g/mol. The Balaban J connectivity index is 1.49. The van der Waals surface area contributed by atoms with E-state index in [1.165, 1.54) is 24.7 Å². The van der Waals surface area contributed by atoms with E-state index in [0.29, 0.717) is 41.8 Å². The molecule has 2 amide bonds.